The molecule has 0 saturated carbocycles. The Bertz CT molecular complexity index is 544. The maximum atomic E-state index is 5.59. The van der Waals surface area contributed by atoms with Gasteiger partial charge in [0, 0.05) is 30.5 Å². The molecule has 2 aromatic heterocycles. The van der Waals surface area contributed by atoms with Crippen LogP contribution in [0.25, 0.3) is 0 Å². The van der Waals surface area contributed by atoms with E-state index in [-0.39, 0.29) is 6.04 Å². The van der Waals surface area contributed by atoms with Gasteiger partial charge in [-0.25, -0.2) is 9.67 Å². The molecule has 0 bridgehead atoms. The van der Waals surface area contributed by atoms with Crippen molar-refractivity contribution in [3.05, 3.63) is 35.8 Å². The second-order valence-corrected chi connectivity index (χ2v) is 5.58. The molecule has 0 fully saturated rings. The second-order valence-electron chi connectivity index (χ2n) is 5.58. The van der Waals surface area contributed by atoms with Crippen molar-refractivity contribution in [3.63, 3.8) is 0 Å². The van der Waals surface area contributed by atoms with Gasteiger partial charge in [-0.1, -0.05) is 13.8 Å². The first-order chi connectivity index (χ1) is 10.2. The molecule has 1 N–H and O–H groups in total. The minimum atomic E-state index is 0.223. The highest BCUT2D eigenvalue weighted by Gasteiger charge is 2.20. The van der Waals surface area contributed by atoms with E-state index < -0.39 is 0 Å². The molecule has 0 saturated heterocycles. The molecule has 0 aliphatic carbocycles. The standard InChI is InChI=1S/C16H26N4O/c1-5-8-17-14(13-7-9-21-15(13)6-2)10-16-18-11-19-20(16)12(3)4/h7,9,11-12,14,17H,5-6,8,10H2,1-4H3. The Hall–Kier alpha value is -1.62. The summed E-state index contributed by atoms with van der Waals surface area (Å²) in [5, 5.41) is 7.94. The highest BCUT2D eigenvalue weighted by Crippen LogP contribution is 2.24. The van der Waals surface area contributed by atoms with Crippen molar-refractivity contribution in [1.29, 1.82) is 0 Å². The van der Waals surface area contributed by atoms with E-state index >= 15 is 0 Å². The molecule has 0 spiro atoms. The van der Waals surface area contributed by atoms with Crippen LogP contribution >= 0.6 is 0 Å². The molecule has 116 valence electrons. The van der Waals surface area contributed by atoms with Crippen molar-refractivity contribution in [3.8, 4) is 0 Å². The first kappa shape index (κ1) is 15.8. The van der Waals surface area contributed by atoms with Crippen LogP contribution in [0, 0.1) is 0 Å². The summed E-state index contributed by atoms with van der Waals surface area (Å²) in [6, 6.07) is 2.62. The highest BCUT2D eigenvalue weighted by atomic mass is 16.3. The lowest BCUT2D eigenvalue weighted by molar-refractivity contribution is 0.451. The fourth-order valence-corrected chi connectivity index (χ4v) is 2.59. The first-order valence-corrected chi connectivity index (χ1v) is 7.85. The number of aryl methyl sites for hydroxylation is 1. The summed E-state index contributed by atoms with van der Waals surface area (Å²) in [4.78, 5) is 4.43. The first-order valence-electron chi connectivity index (χ1n) is 7.85. The van der Waals surface area contributed by atoms with Gasteiger partial charge in [-0.05, 0) is 32.9 Å². The zero-order valence-corrected chi connectivity index (χ0v) is 13.5. The summed E-state index contributed by atoms with van der Waals surface area (Å²) >= 11 is 0. The van der Waals surface area contributed by atoms with Crippen molar-refractivity contribution in [2.45, 2.75) is 59.0 Å². The summed E-state index contributed by atoms with van der Waals surface area (Å²) < 4.78 is 7.58. The zero-order chi connectivity index (χ0) is 15.2. The fraction of sp³-hybridized carbons (Fsp3) is 0.625. The van der Waals surface area contributed by atoms with Crippen LogP contribution in [-0.4, -0.2) is 21.3 Å². The van der Waals surface area contributed by atoms with Crippen molar-refractivity contribution >= 4 is 0 Å². The molecular weight excluding hydrogens is 264 g/mol. The van der Waals surface area contributed by atoms with Crippen LogP contribution in [0.15, 0.2) is 23.1 Å². The maximum Gasteiger partial charge on any atom is 0.138 e. The van der Waals surface area contributed by atoms with E-state index in [9.17, 15) is 0 Å². The Balaban J connectivity index is 2.22. The topological polar surface area (TPSA) is 55.9 Å². The lowest BCUT2D eigenvalue weighted by Crippen LogP contribution is -2.26. The number of nitrogens with zero attached hydrogens (tertiary/aromatic N) is 3. The van der Waals surface area contributed by atoms with E-state index in [0.717, 1.165) is 37.4 Å². The molecule has 0 amide bonds. The Kier molecular flexibility index (Phi) is 5.56. The number of aromatic nitrogens is 3. The summed E-state index contributed by atoms with van der Waals surface area (Å²) in [7, 11) is 0. The molecule has 5 heteroatoms. The lowest BCUT2D eigenvalue weighted by Gasteiger charge is -2.19. The van der Waals surface area contributed by atoms with Crippen LogP contribution in [0.5, 0.6) is 0 Å². The summed E-state index contributed by atoms with van der Waals surface area (Å²) in [6.45, 7) is 9.53. The third kappa shape index (κ3) is 3.73. The molecule has 0 aliphatic rings. The summed E-state index contributed by atoms with van der Waals surface area (Å²) in [6.07, 6.45) is 6.26. The summed E-state index contributed by atoms with van der Waals surface area (Å²) in [5.41, 5.74) is 1.24. The Morgan fingerprint density at radius 2 is 2.14 bits per heavy atom. The number of hydrogen-bond acceptors (Lipinski definition) is 4. The van der Waals surface area contributed by atoms with Crippen LogP contribution in [0.1, 0.15) is 63.3 Å². The van der Waals surface area contributed by atoms with Crippen molar-refractivity contribution in [2.75, 3.05) is 6.54 Å². The van der Waals surface area contributed by atoms with E-state index in [2.05, 4.69) is 49.2 Å². The Morgan fingerprint density at radius 1 is 1.33 bits per heavy atom. The van der Waals surface area contributed by atoms with E-state index in [4.69, 9.17) is 4.42 Å². The normalized spacial score (nSPS) is 13.0. The number of rotatable bonds is 8. The van der Waals surface area contributed by atoms with Crippen molar-refractivity contribution < 1.29 is 4.42 Å². The number of furan rings is 1. The fourth-order valence-electron chi connectivity index (χ4n) is 2.59. The van der Waals surface area contributed by atoms with Crippen LogP contribution in [0.3, 0.4) is 0 Å². The van der Waals surface area contributed by atoms with E-state index in [1.807, 2.05) is 4.68 Å². The summed E-state index contributed by atoms with van der Waals surface area (Å²) in [5.74, 6) is 2.07. The molecule has 0 aliphatic heterocycles. The van der Waals surface area contributed by atoms with Crippen LogP contribution in [0.2, 0.25) is 0 Å². The zero-order valence-electron chi connectivity index (χ0n) is 13.5. The van der Waals surface area contributed by atoms with Gasteiger partial charge in [-0.3, -0.25) is 0 Å². The van der Waals surface area contributed by atoms with Gasteiger partial charge in [0.1, 0.15) is 17.9 Å². The van der Waals surface area contributed by atoms with E-state index in [1.165, 1.54) is 5.56 Å². The number of nitrogens with one attached hydrogen (secondary N) is 1. The minimum Gasteiger partial charge on any atom is -0.469 e. The monoisotopic (exact) mass is 290 g/mol. The van der Waals surface area contributed by atoms with Crippen LogP contribution in [-0.2, 0) is 12.8 Å². The maximum absolute atomic E-state index is 5.59. The molecule has 2 heterocycles. The molecule has 0 aromatic carbocycles. The van der Waals surface area contributed by atoms with Gasteiger partial charge in [-0.15, -0.1) is 0 Å². The molecule has 2 rings (SSSR count). The Labute approximate surface area is 126 Å². The van der Waals surface area contributed by atoms with Gasteiger partial charge in [0.15, 0.2) is 0 Å². The number of hydrogen-bond donors (Lipinski definition) is 1. The van der Waals surface area contributed by atoms with Gasteiger partial charge in [0.25, 0.3) is 0 Å². The Morgan fingerprint density at radius 3 is 2.81 bits per heavy atom. The predicted octanol–water partition coefficient (Wildman–Crippen LogP) is 3.30. The quantitative estimate of drug-likeness (QED) is 0.810. The second kappa shape index (κ2) is 7.41. The van der Waals surface area contributed by atoms with E-state index in [0.29, 0.717) is 6.04 Å². The van der Waals surface area contributed by atoms with Gasteiger partial charge in [0.05, 0.1) is 6.26 Å². The molecule has 0 radical (unpaired) electrons. The lowest BCUT2D eigenvalue weighted by atomic mass is 10.0. The van der Waals surface area contributed by atoms with Gasteiger partial charge < -0.3 is 9.73 Å². The predicted molar refractivity (Wildman–Crippen MR) is 83.2 cm³/mol. The van der Waals surface area contributed by atoms with Gasteiger partial charge in [0.2, 0.25) is 0 Å². The molecule has 1 unspecified atom stereocenters. The van der Waals surface area contributed by atoms with Crippen LogP contribution < -0.4 is 5.32 Å². The largest absolute Gasteiger partial charge is 0.469 e. The third-order valence-electron chi connectivity index (χ3n) is 3.64. The average molecular weight is 290 g/mol. The molecule has 5 nitrogen and oxygen atoms in total. The van der Waals surface area contributed by atoms with Crippen molar-refractivity contribution in [2.24, 2.45) is 0 Å². The van der Waals surface area contributed by atoms with Crippen molar-refractivity contribution in [1.82, 2.24) is 20.1 Å². The molecule has 21 heavy (non-hydrogen) atoms. The highest BCUT2D eigenvalue weighted by molar-refractivity contribution is 5.22. The average Bonchev–Trinajstić information content (AvgIpc) is 3.11. The van der Waals surface area contributed by atoms with E-state index in [1.54, 1.807) is 12.6 Å². The molecular formula is C16H26N4O. The van der Waals surface area contributed by atoms with Gasteiger partial charge in [-0.2, -0.15) is 5.10 Å². The van der Waals surface area contributed by atoms with Crippen LogP contribution in [0.4, 0.5) is 0 Å². The third-order valence-corrected chi connectivity index (χ3v) is 3.64. The molecule has 1 atom stereocenters. The smallest absolute Gasteiger partial charge is 0.138 e. The van der Waals surface area contributed by atoms with Gasteiger partial charge >= 0.3 is 0 Å². The molecule has 2 aromatic rings. The SMILES string of the molecule is CCCNC(Cc1ncnn1C(C)C)c1ccoc1CC. The minimum absolute atomic E-state index is 0.223.